The first kappa shape index (κ1) is 21.3. The second-order valence-corrected chi connectivity index (χ2v) is 8.56. The molecule has 2 aromatic rings. The SMILES string of the molecule is CC[N+]1(C)Cc2sc(CC(=O)Cc3ccc(Cl)cc3)c(C(N)=O)c2C1.[I-]. The third-order valence-electron chi connectivity index (χ3n) is 4.91. The molecule has 2 N–H and O–H groups in total. The summed E-state index contributed by atoms with van der Waals surface area (Å²) in [6.07, 6.45) is 0.592. The molecule has 3 rings (SSSR count). The number of ketones is 1. The van der Waals surface area contributed by atoms with Crippen LogP contribution in [0.15, 0.2) is 24.3 Å². The Balaban J connectivity index is 0.00000243. The lowest BCUT2D eigenvalue weighted by molar-refractivity contribution is -0.927. The smallest absolute Gasteiger partial charge is 0.250 e. The molecule has 0 aliphatic carbocycles. The number of amides is 1. The van der Waals surface area contributed by atoms with E-state index in [2.05, 4.69) is 14.0 Å². The van der Waals surface area contributed by atoms with Crippen molar-refractivity contribution in [2.45, 2.75) is 32.9 Å². The molecule has 0 saturated heterocycles. The van der Waals surface area contributed by atoms with Gasteiger partial charge in [-0.3, -0.25) is 9.59 Å². The Kier molecular flexibility index (Phi) is 6.87. The van der Waals surface area contributed by atoms with Crippen molar-refractivity contribution in [3.05, 3.63) is 55.7 Å². The van der Waals surface area contributed by atoms with E-state index in [-0.39, 0.29) is 36.2 Å². The maximum Gasteiger partial charge on any atom is 0.250 e. The summed E-state index contributed by atoms with van der Waals surface area (Å²) in [6.45, 7) is 4.87. The number of hydrogen-bond donors (Lipinski definition) is 1. The van der Waals surface area contributed by atoms with E-state index in [0.717, 1.165) is 40.1 Å². The van der Waals surface area contributed by atoms with E-state index < -0.39 is 5.91 Å². The number of benzene rings is 1. The number of halogens is 2. The minimum absolute atomic E-state index is 0. The van der Waals surface area contributed by atoms with Crippen molar-refractivity contribution in [2.24, 2.45) is 5.73 Å². The van der Waals surface area contributed by atoms with E-state index in [4.69, 9.17) is 17.3 Å². The van der Waals surface area contributed by atoms with Gasteiger partial charge in [-0.2, -0.15) is 0 Å². The predicted octanol–water partition coefficient (Wildman–Crippen LogP) is 0.339. The standard InChI is InChI=1S/C19H21ClN2O2S.HI/c1-3-22(2)10-15-17(11-22)25-16(18(15)19(21)24)9-14(23)8-12-4-6-13(20)7-5-12;/h4-7H,3,8-11H2,1-2H3,(H-,21,24);1H. The molecule has 1 atom stereocenters. The van der Waals surface area contributed by atoms with Crippen LogP contribution >= 0.6 is 22.9 Å². The number of primary amides is 1. The molecule has 140 valence electrons. The number of quaternary nitrogens is 1. The van der Waals surface area contributed by atoms with Crippen LogP contribution in [-0.4, -0.2) is 29.8 Å². The molecule has 0 radical (unpaired) electrons. The number of Topliss-reactive ketones (excluding diaryl/α,β-unsaturated/α-hetero) is 1. The number of nitrogens with zero attached hydrogens (tertiary/aromatic N) is 1. The van der Waals surface area contributed by atoms with Crippen LogP contribution in [0.5, 0.6) is 0 Å². The lowest BCUT2D eigenvalue weighted by Gasteiger charge is -2.27. The highest BCUT2D eigenvalue weighted by atomic mass is 127. The van der Waals surface area contributed by atoms with Crippen molar-refractivity contribution in [1.29, 1.82) is 0 Å². The minimum atomic E-state index is -0.420. The van der Waals surface area contributed by atoms with E-state index in [1.807, 2.05) is 12.1 Å². The first-order chi connectivity index (χ1) is 11.8. The third kappa shape index (κ3) is 4.47. The fraction of sp³-hybridized carbons (Fsp3) is 0.368. The number of carbonyl (C=O) groups excluding carboxylic acids is 2. The third-order valence-corrected chi connectivity index (χ3v) is 6.38. The Morgan fingerprint density at radius 1 is 1.19 bits per heavy atom. The molecule has 1 unspecified atom stereocenters. The summed E-state index contributed by atoms with van der Waals surface area (Å²) in [4.78, 5) is 26.5. The number of rotatable bonds is 6. The summed E-state index contributed by atoms with van der Waals surface area (Å²) in [7, 11) is 2.18. The molecule has 1 aliphatic heterocycles. The van der Waals surface area contributed by atoms with Gasteiger partial charge in [0.1, 0.15) is 18.9 Å². The molecular formula is C19H22ClIN2O2S. The summed E-state index contributed by atoms with van der Waals surface area (Å²) >= 11 is 7.45. The Labute approximate surface area is 179 Å². The Morgan fingerprint density at radius 3 is 2.42 bits per heavy atom. The first-order valence-corrected chi connectivity index (χ1v) is 9.53. The monoisotopic (exact) mass is 504 g/mol. The Morgan fingerprint density at radius 2 is 1.85 bits per heavy atom. The molecule has 0 saturated carbocycles. The van der Waals surface area contributed by atoms with Crippen LogP contribution in [-0.2, 0) is 30.7 Å². The van der Waals surface area contributed by atoms with Crippen LogP contribution in [0.4, 0.5) is 0 Å². The summed E-state index contributed by atoms with van der Waals surface area (Å²) < 4.78 is 0.889. The largest absolute Gasteiger partial charge is 1.00 e. The van der Waals surface area contributed by atoms with E-state index >= 15 is 0 Å². The second-order valence-electron chi connectivity index (χ2n) is 6.94. The Bertz CT molecular complexity index is 835. The zero-order valence-electron chi connectivity index (χ0n) is 14.9. The molecule has 1 aromatic carbocycles. The lowest BCUT2D eigenvalue weighted by atomic mass is 10.0. The Hall–Kier alpha value is -0.960. The number of carbonyl (C=O) groups is 2. The van der Waals surface area contributed by atoms with Gasteiger partial charge in [0.2, 0.25) is 5.91 Å². The number of nitrogens with two attached hydrogens (primary N) is 1. The van der Waals surface area contributed by atoms with E-state index in [1.54, 1.807) is 23.5 Å². The van der Waals surface area contributed by atoms with E-state index in [0.29, 0.717) is 17.0 Å². The van der Waals surface area contributed by atoms with Crippen molar-refractivity contribution < 1.29 is 38.0 Å². The zero-order valence-corrected chi connectivity index (χ0v) is 18.6. The molecule has 7 heteroatoms. The van der Waals surface area contributed by atoms with E-state index in [9.17, 15) is 9.59 Å². The van der Waals surface area contributed by atoms with Gasteiger partial charge in [-0.15, -0.1) is 11.3 Å². The van der Waals surface area contributed by atoms with Gasteiger partial charge < -0.3 is 34.2 Å². The molecular weight excluding hydrogens is 483 g/mol. The van der Waals surface area contributed by atoms with Gasteiger partial charge in [-0.1, -0.05) is 23.7 Å². The summed E-state index contributed by atoms with van der Waals surface area (Å²) in [5.74, 6) is -0.339. The molecule has 1 amide bonds. The maximum atomic E-state index is 12.5. The van der Waals surface area contributed by atoms with Crippen molar-refractivity contribution in [2.75, 3.05) is 13.6 Å². The van der Waals surface area contributed by atoms with Crippen molar-refractivity contribution >= 4 is 34.6 Å². The van der Waals surface area contributed by atoms with Crippen molar-refractivity contribution in [1.82, 2.24) is 0 Å². The van der Waals surface area contributed by atoms with Gasteiger partial charge in [0.25, 0.3) is 0 Å². The fourth-order valence-electron chi connectivity index (χ4n) is 3.35. The van der Waals surface area contributed by atoms with Crippen LogP contribution in [0, 0.1) is 0 Å². The van der Waals surface area contributed by atoms with Gasteiger partial charge >= 0.3 is 0 Å². The van der Waals surface area contributed by atoms with Crippen molar-refractivity contribution in [3.8, 4) is 0 Å². The molecule has 1 aromatic heterocycles. The minimum Gasteiger partial charge on any atom is -1.00 e. The first-order valence-electron chi connectivity index (χ1n) is 8.34. The van der Waals surface area contributed by atoms with Crippen LogP contribution in [0.2, 0.25) is 5.02 Å². The number of hydrogen-bond acceptors (Lipinski definition) is 3. The molecule has 2 heterocycles. The zero-order chi connectivity index (χ0) is 18.2. The number of fused-ring (bicyclic) bond motifs is 1. The molecule has 0 fully saturated rings. The van der Waals surface area contributed by atoms with Gasteiger partial charge in [-0.25, -0.2) is 0 Å². The normalized spacial score (nSPS) is 18.3. The molecule has 26 heavy (non-hydrogen) atoms. The van der Waals surface area contributed by atoms with Crippen LogP contribution in [0.1, 0.15) is 38.2 Å². The van der Waals surface area contributed by atoms with Crippen LogP contribution < -0.4 is 29.7 Å². The summed E-state index contributed by atoms with van der Waals surface area (Å²) in [6, 6.07) is 7.27. The summed E-state index contributed by atoms with van der Waals surface area (Å²) in [5, 5.41) is 0.652. The predicted molar refractivity (Wildman–Crippen MR) is 101 cm³/mol. The topological polar surface area (TPSA) is 60.2 Å². The number of thiophene rings is 1. The van der Waals surface area contributed by atoms with Gasteiger partial charge in [0.15, 0.2) is 0 Å². The average molecular weight is 505 g/mol. The fourth-order valence-corrected chi connectivity index (χ4v) is 5.00. The molecule has 1 aliphatic rings. The molecule has 4 nitrogen and oxygen atoms in total. The molecule has 0 spiro atoms. The molecule has 0 bridgehead atoms. The highest BCUT2D eigenvalue weighted by Gasteiger charge is 2.37. The van der Waals surface area contributed by atoms with Crippen LogP contribution in [0.3, 0.4) is 0 Å². The van der Waals surface area contributed by atoms with Crippen molar-refractivity contribution in [3.63, 3.8) is 0 Å². The van der Waals surface area contributed by atoms with Gasteiger partial charge in [-0.05, 0) is 24.6 Å². The second kappa shape index (κ2) is 8.37. The van der Waals surface area contributed by atoms with Gasteiger partial charge in [0, 0.05) is 28.3 Å². The lowest BCUT2D eigenvalue weighted by Crippen LogP contribution is -3.00. The van der Waals surface area contributed by atoms with E-state index in [1.165, 1.54) is 4.88 Å². The highest BCUT2D eigenvalue weighted by Crippen LogP contribution is 2.38. The quantitative estimate of drug-likeness (QED) is 0.456. The average Bonchev–Trinajstić information content (AvgIpc) is 3.02. The van der Waals surface area contributed by atoms with Gasteiger partial charge in [0.05, 0.1) is 24.0 Å². The highest BCUT2D eigenvalue weighted by molar-refractivity contribution is 7.12. The summed E-state index contributed by atoms with van der Waals surface area (Å²) in [5.41, 5.74) is 8.20. The van der Waals surface area contributed by atoms with Crippen LogP contribution in [0.25, 0.3) is 0 Å². The maximum absolute atomic E-state index is 12.5.